The molecule has 0 aromatic heterocycles. The summed E-state index contributed by atoms with van der Waals surface area (Å²) in [5, 5.41) is 2.24. The van der Waals surface area contributed by atoms with Crippen molar-refractivity contribution >= 4 is 23.2 Å². The van der Waals surface area contributed by atoms with Crippen LogP contribution in [0.5, 0.6) is 11.5 Å². The maximum absolute atomic E-state index is 13.0. The van der Waals surface area contributed by atoms with Gasteiger partial charge in [-0.3, -0.25) is 4.79 Å². The third-order valence-electron chi connectivity index (χ3n) is 3.65. The van der Waals surface area contributed by atoms with E-state index in [-0.39, 0.29) is 17.1 Å². The zero-order valence-electron chi connectivity index (χ0n) is 14.1. The number of benzene rings is 2. The largest absolute Gasteiger partial charge is 0.493 e. The number of methoxy groups -OCH3 is 2. The Kier molecular flexibility index (Phi) is 6.37. The standard InChI is InChI=1S/C18H17ClF3NO3/c1-25-15-7-3-11(9-16(15)26-2)4-8-17(24)23-14-6-5-12(19)10-13(14)18(20,21)22/h3,5-7,9-10H,4,8H2,1-2H3,(H,23,24). The van der Waals surface area contributed by atoms with Crippen LogP contribution in [-0.2, 0) is 17.4 Å². The smallest absolute Gasteiger partial charge is 0.418 e. The summed E-state index contributed by atoms with van der Waals surface area (Å²) in [4.78, 5) is 12.1. The molecule has 26 heavy (non-hydrogen) atoms. The molecule has 0 heterocycles. The minimum atomic E-state index is -4.61. The molecule has 4 nitrogen and oxygen atoms in total. The minimum absolute atomic E-state index is 0.00933. The minimum Gasteiger partial charge on any atom is -0.493 e. The molecule has 0 bridgehead atoms. The molecule has 1 N–H and O–H groups in total. The van der Waals surface area contributed by atoms with Crippen LogP contribution >= 0.6 is 11.6 Å². The molecular weight excluding hydrogens is 371 g/mol. The molecule has 0 aliphatic carbocycles. The van der Waals surface area contributed by atoms with Crippen molar-refractivity contribution in [2.24, 2.45) is 0 Å². The van der Waals surface area contributed by atoms with Crippen LogP contribution in [0.2, 0.25) is 5.02 Å². The number of carbonyl (C=O) groups is 1. The van der Waals surface area contributed by atoms with Gasteiger partial charge in [0.25, 0.3) is 0 Å². The summed E-state index contributed by atoms with van der Waals surface area (Å²) in [5.41, 5.74) is -0.506. The lowest BCUT2D eigenvalue weighted by Crippen LogP contribution is -2.17. The van der Waals surface area contributed by atoms with Gasteiger partial charge < -0.3 is 14.8 Å². The zero-order chi connectivity index (χ0) is 19.3. The lowest BCUT2D eigenvalue weighted by atomic mass is 10.1. The molecule has 0 atom stereocenters. The summed E-state index contributed by atoms with van der Waals surface area (Å²) in [5.74, 6) is 0.534. The van der Waals surface area contributed by atoms with E-state index >= 15 is 0 Å². The van der Waals surface area contributed by atoms with Crippen molar-refractivity contribution in [1.29, 1.82) is 0 Å². The number of hydrogen-bond acceptors (Lipinski definition) is 3. The number of alkyl halides is 3. The highest BCUT2D eigenvalue weighted by Gasteiger charge is 2.34. The van der Waals surface area contributed by atoms with Crippen LogP contribution in [0.15, 0.2) is 36.4 Å². The number of carbonyl (C=O) groups excluding carboxylic acids is 1. The average molecular weight is 388 g/mol. The van der Waals surface area contributed by atoms with Gasteiger partial charge in [-0.25, -0.2) is 0 Å². The molecule has 0 radical (unpaired) electrons. The monoisotopic (exact) mass is 387 g/mol. The summed E-state index contributed by atoms with van der Waals surface area (Å²) in [6, 6.07) is 8.40. The average Bonchev–Trinajstić information content (AvgIpc) is 2.60. The number of ether oxygens (including phenoxy) is 2. The fourth-order valence-corrected chi connectivity index (χ4v) is 2.54. The Morgan fingerprint density at radius 2 is 1.77 bits per heavy atom. The first-order chi connectivity index (χ1) is 12.2. The van der Waals surface area contributed by atoms with Gasteiger partial charge in [-0.2, -0.15) is 13.2 Å². The molecule has 0 spiro atoms. The van der Waals surface area contributed by atoms with Crippen LogP contribution < -0.4 is 14.8 Å². The second-order valence-electron chi connectivity index (χ2n) is 5.43. The van der Waals surface area contributed by atoms with Crippen molar-refractivity contribution in [3.05, 3.63) is 52.5 Å². The van der Waals surface area contributed by atoms with Crippen molar-refractivity contribution in [2.45, 2.75) is 19.0 Å². The summed E-state index contributed by atoms with van der Waals surface area (Å²) >= 11 is 5.62. The van der Waals surface area contributed by atoms with Crippen LogP contribution in [0.25, 0.3) is 0 Å². The van der Waals surface area contributed by atoms with Crippen molar-refractivity contribution in [1.82, 2.24) is 0 Å². The Morgan fingerprint density at radius 3 is 2.38 bits per heavy atom. The third-order valence-corrected chi connectivity index (χ3v) is 3.88. The molecular formula is C18H17ClF3NO3. The zero-order valence-corrected chi connectivity index (χ0v) is 14.9. The van der Waals surface area contributed by atoms with E-state index in [1.165, 1.54) is 20.3 Å². The van der Waals surface area contributed by atoms with Gasteiger partial charge in [0, 0.05) is 11.4 Å². The van der Waals surface area contributed by atoms with Gasteiger partial charge in [-0.05, 0) is 42.3 Å². The molecule has 2 rings (SSSR count). The Hall–Kier alpha value is -2.41. The molecule has 0 saturated heterocycles. The van der Waals surface area contributed by atoms with Crippen molar-refractivity contribution < 1.29 is 27.4 Å². The number of anilines is 1. The lowest BCUT2D eigenvalue weighted by Gasteiger charge is -2.14. The van der Waals surface area contributed by atoms with E-state index in [2.05, 4.69) is 5.32 Å². The Bertz CT molecular complexity index is 794. The molecule has 2 aromatic carbocycles. The predicted molar refractivity (Wildman–Crippen MR) is 93.0 cm³/mol. The maximum atomic E-state index is 13.0. The summed E-state index contributed by atoms with van der Waals surface area (Å²) in [6.07, 6.45) is -4.27. The highest BCUT2D eigenvalue weighted by atomic mass is 35.5. The molecule has 140 valence electrons. The van der Waals surface area contributed by atoms with E-state index in [4.69, 9.17) is 21.1 Å². The van der Waals surface area contributed by atoms with Gasteiger partial charge >= 0.3 is 6.18 Å². The number of hydrogen-bond donors (Lipinski definition) is 1. The van der Waals surface area contributed by atoms with E-state index in [0.717, 1.165) is 17.7 Å². The molecule has 0 aliphatic rings. The van der Waals surface area contributed by atoms with Crippen LogP contribution in [0.1, 0.15) is 17.5 Å². The number of aryl methyl sites for hydroxylation is 1. The maximum Gasteiger partial charge on any atom is 0.418 e. The fraction of sp³-hybridized carbons (Fsp3) is 0.278. The fourth-order valence-electron chi connectivity index (χ4n) is 2.37. The van der Waals surface area contributed by atoms with Crippen molar-refractivity contribution in [3.8, 4) is 11.5 Å². The van der Waals surface area contributed by atoms with Crippen molar-refractivity contribution in [2.75, 3.05) is 19.5 Å². The normalized spacial score (nSPS) is 11.2. The summed E-state index contributed by atoms with van der Waals surface area (Å²) < 4.78 is 49.5. The van der Waals surface area contributed by atoms with Gasteiger partial charge in [0.2, 0.25) is 5.91 Å². The molecule has 0 unspecified atom stereocenters. The summed E-state index contributed by atoms with van der Waals surface area (Å²) in [6.45, 7) is 0. The molecule has 0 aliphatic heterocycles. The quantitative estimate of drug-likeness (QED) is 0.763. The van der Waals surface area contributed by atoms with E-state index in [1.807, 2.05) is 0 Å². The van der Waals surface area contributed by atoms with Gasteiger partial charge in [-0.1, -0.05) is 17.7 Å². The second-order valence-corrected chi connectivity index (χ2v) is 5.86. The predicted octanol–water partition coefficient (Wildman–Crippen LogP) is 4.95. The highest BCUT2D eigenvalue weighted by Crippen LogP contribution is 2.36. The van der Waals surface area contributed by atoms with Gasteiger partial charge in [-0.15, -0.1) is 0 Å². The van der Waals surface area contributed by atoms with E-state index < -0.39 is 17.6 Å². The molecule has 8 heteroatoms. The van der Waals surface area contributed by atoms with E-state index in [9.17, 15) is 18.0 Å². The molecule has 2 aromatic rings. The number of nitrogens with one attached hydrogen (secondary N) is 1. The first-order valence-corrected chi connectivity index (χ1v) is 8.00. The van der Waals surface area contributed by atoms with Crippen LogP contribution in [-0.4, -0.2) is 20.1 Å². The van der Waals surface area contributed by atoms with Gasteiger partial charge in [0.1, 0.15) is 0 Å². The lowest BCUT2D eigenvalue weighted by molar-refractivity contribution is -0.137. The molecule has 0 saturated carbocycles. The van der Waals surface area contributed by atoms with Crippen LogP contribution in [0.3, 0.4) is 0 Å². The number of amides is 1. The van der Waals surface area contributed by atoms with E-state index in [1.54, 1.807) is 18.2 Å². The topological polar surface area (TPSA) is 47.6 Å². The summed E-state index contributed by atoms with van der Waals surface area (Å²) in [7, 11) is 3.00. The van der Waals surface area contributed by atoms with Crippen LogP contribution in [0.4, 0.5) is 18.9 Å². The van der Waals surface area contributed by atoms with Gasteiger partial charge in [0.05, 0.1) is 25.5 Å². The first kappa shape index (κ1) is 19.9. The van der Waals surface area contributed by atoms with Crippen molar-refractivity contribution in [3.63, 3.8) is 0 Å². The Labute approximate surface area is 153 Å². The molecule has 0 fully saturated rings. The number of rotatable bonds is 6. The van der Waals surface area contributed by atoms with Gasteiger partial charge in [0.15, 0.2) is 11.5 Å². The number of halogens is 4. The Morgan fingerprint density at radius 1 is 1.08 bits per heavy atom. The molecule has 1 amide bonds. The Balaban J connectivity index is 2.06. The first-order valence-electron chi connectivity index (χ1n) is 7.62. The highest BCUT2D eigenvalue weighted by molar-refractivity contribution is 6.30. The second kappa shape index (κ2) is 8.31. The SMILES string of the molecule is COc1ccc(CCC(=O)Nc2ccc(Cl)cc2C(F)(F)F)cc1OC. The third kappa shape index (κ3) is 5.05. The van der Waals surface area contributed by atoms with E-state index in [0.29, 0.717) is 17.9 Å². The van der Waals surface area contributed by atoms with Crippen LogP contribution in [0, 0.1) is 0 Å².